The Balaban J connectivity index is 1.71. The van der Waals surface area contributed by atoms with Crippen molar-refractivity contribution in [2.75, 3.05) is 45.9 Å². The van der Waals surface area contributed by atoms with E-state index in [-0.39, 0.29) is 43.1 Å². The number of ether oxygens (including phenoxy) is 1. The van der Waals surface area contributed by atoms with Crippen LogP contribution in [0.25, 0.3) is 0 Å². The molecule has 9 nitrogen and oxygen atoms in total. The van der Waals surface area contributed by atoms with Gasteiger partial charge < -0.3 is 19.4 Å². The maximum atomic E-state index is 13.0. The summed E-state index contributed by atoms with van der Waals surface area (Å²) < 4.78 is 9.67. The number of nitrogens with zero attached hydrogens (tertiary/aromatic N) is 5. The van der Waals surface area contributed by atoms with Gasteiger partial charge in [0.15, 0.2) is 5.69 Å². The van der Waals surface area contributed by atoms with Crippen LogP contribution in [0, 0.1) is 0 Å². The molecule has 3 amide bonds. The molecule has 1 atom stereocenters. The highest BCUT2D eigenvalue weighted by molar-refractivity contribution is 7.03. The third-order valence-corrected chi connectivity index (χ3v) is 5.97. The lowest BCUT2D eigenvalue weighted by Gasteiger charge is -2.26. The molecular formula is C22H29N5O4S. The molecule has 2 aromatic rings. The van der Waals surface area contributed by atoms with E-state index >= 15 is 0 Å². The summed E-state index contributed by atoms with van der Waals surface area (Å²) in [5.41, 5.74) is 1.33. The van der Waals surface area contributed by atoms with Crippen LogP contribution in [0.2, 0.25) is 0 Å². The summed E-state index contributed by atoms with van der Waals surface area (Å²) in [4.78, 5) is 43.1. The summed E-state index contributed by atoms with van der Waals surface area (Å²) in [6, 6.07) is 9.92. The zero-order valence-corrected chi connectivity index (χ0v) is 19.3. The van der Waals surface area contributed by atoms with Gasteiger partial charge in [-0.05, 0) is 37.4 Å². The number of rotatable bonds is 9. The summed E-state index contributed by atoms with van der Waals surface area (Å²) in [5.74, 6) is -0.623. The Kier molecular flexibility index (Phi) is 8.69. The van der Waals surface area contributed by atoms with Crippen LogP contribution in [-0.4, -0.2) is 94.0 Å². The fourth-order valence-electron chi connectivity index (χ4n) is 3.64. The van der Waals surface area contributed by atoms with Gasteiger partial charge in [-0.3, -0.25) is 14.4 Å². The van der Waals surface area contributed by atoms with E-state index in [1.54, 1.807) is 15.2 Å². The van der Waals surface area contributed by atoms with Gasteiger partial charge in [-0.1, -0.05) is 34.8 Å². The second kappa shape index (κ2) is 11.7. The predicted molar refractivity (Wildman–Crippen MR) is 120 cm³/mol. The molecular weight excluding hydrogens is 430 g/mol. The van der Waals surface area contributed by atoms with Gasteiger partial charge in [0.05, 0.1) is 6.10 Å². The van der Waals surface area contributed by atoms with Crippen LogP contribution < -0.4 is 0 Å². The first-order valence-corrected chi connectivity index (χ1v) is 11.6. The van der Waals surface area contributed by atoms with E-state index in [9.17, 15) is 14.4 Å². The summed E-state index contributed by atoms with van der Waals surface area (Å²) >= 11 is 1.08. The molecule has 10 heteroatoms. The van der Waals surface area contributed by atoms with Crippen LogP contribution >= 0.6 is 11.5 Å². The van der Waals surface area contributed by atoms with Crippen molar-refractivity contribution in [3.63, 3.8) is 0 Å². The fraction of sp³-hybridized carbons (Fsp3) is 0.500. The van der Waals surface area contributed by atoms with Crippen molar-refractivity contribution in [1.82, 2.24) is 24.3 Å². The standard InChI is InChI=1S/C22H29N5O4S/c1-3-25(4-2)21(29)15-31-18-12-26(11-10-17-8-6-5-7-9-17)20(28)14-27(13-18)22(30)19-16-32-24-23-19/h5-9,16,18H,3-4,10-15H2,1-2H3/t18-/m0/s1. The molecule has 0 unspecified atom stereocenters. The van der Waals surface area contributed by atoms with E-state index in [1.165, 1.54) is 4.90 Å². The molecule has 0 aliphatic carbocycles. The first-order chi connectivity index (χ1) is 15.5. The molecule has 172 valence electrons. The van der Waals surface area contributed by atoms with Crippen molar-refractivity contribution in [1.29, 1.82) is 0 Å². The van der Waals surface area contributed by atoms with E-state index in [0.29, 0.717) is 32.6 Å². The van der Waals surface area contributed by atoms with Crippen molar-refractivity contribution in [2.24, 2.45) is 0 Å². The highest BCUT2D eigenvalue weighted by Gasteiger charge is 2.32. The molecule has 1 aliphatic heterocycles. The van der Waals surface area contributed by atoms with Crippen molar-refractivity contribution >= 4 is 29.3 Å². The monoisotopic (exact) mass is 459 g/mol. The van der Waals surface area contributed by atoms with Crippen molar-refractivity contribution in [2.45, 2.75) is 26.4 Å². The SMILES string of the molecule is CCN(CC)C(=O)CO[C@H]1CN(CCc2ccccc2)C(=O)CN(C(=O)c2csnn2)C1. The Morgan fingerprint density at radius 3 is 2.59 bits per heavy atom. The topological polar surface area (TPSA) is 95.9 Å². The molecule has 0 N–H and O–H groups in total. The highest BCUT2D eigenvalue weighted by Crippen LogP contribution is 2.13. The maximum absolute atomic E-state index is 13.0. The molecule has 1 aromatic carbocycles. The number of amides is 3. The Morgan fingerprint density at radius 1 is 1.19 bits per heavy atom. The molecule has 0 bridgehead atoms. The molecule has 2 heterocycles. The molecule has 32 heavy (non-hydrogen) atoms. The quantitative estimate of drug-likeness (QED) is 0.561. The number of hydrogen-bond acceptors (Lipinski definition) is 7. The molecule has 0 saturated carbocycles. The smallest absolute Gasteiger partial charge is 0.275 e. The lowest BCUT2D eigenvalue weighted by atomic mass is 10.1. The van der Waals surface area contributed by atoms with E-state index in [1.807, 2.05) is 44.2 Å². The van der Waals surface area contributed by atoms with Crippen molar-refractivity contribution in [3.8, 4) is 0 Å². The Labute approximate surface area is 192 Å². The largest absolute Gasteiger partial charge is 0.365 e. The van der Waals surface area contributed by atoms with Crippen molar-refractivity contribution < 1.29 is 19.1 Å². The fourth-order valence-corrected chi connectivity index (χ4v) is 4.07. The van der Waals surface area contributed by atoms with Crippen LogP contribution in [0.3, 0.4) is 0 Å². The average Bonchev–Trinajstić information content (AvgIpc) is 3.29. The highest BCUT2D eigenvalue weighted by atomic mass is 32.1. The molecule has 0 radical (unpaired) electrons. The molecule has 3 rings (SSSR count). The Morgan fingerprint density at radius 2 is 1.94 bits per heavy atom. The van der Waals surface area contributed by atoms with Crippen LogP contribution in [0.1, 0.15) is 29.9 Å². The Hall–Kier alpha value is -2.85. The second-order valence-electron chi connectivity index (χ2n) is 7.55. The molecule has 1 aliphatic rings. The van der Waals surface area contributed by atoms with Gasteiger partial charge in [0.2, 0.25) is 11.8 Å². The van der Waals surface area contributed by atoms with Gasteiger partial charge in [-0.25, -0.2) is 0 Å². The minimum absolute atomic E-state index is 0.0605. The second-order valence-corrected chi connectivity index (χ2v) is 8.16. The third kappa shape index (κ3) is 6.33. The minimum atomic E-state index is -0.479. The lowest BCUT2D eigenvalue weighted by molar-refractivity contribution is -0.138. The first-order valence-electron chi connectivity index (χ1n) is 10.8. The molecule has 1 saturated heterocycles. The van der Waals surface area contributed by atoms with Crippen LogP contribution in [0.15, 0.2) is 35.7 Å². The van der Waals surface area contributed by atoms with Gasteiger partial charge in [0.1, 0.15) is 13.2 Å². The predicted octanol–water partition coefficient (Wildman–Crippen LogP) is 1.32. The minimum Gasteiger partial charge on any atom is -0.365 e. The number of benzene rings is 1. The number of carbonyl (C=O) groups is 3. The van der Waals surface area contributed by atoms with Gasteiger partial charge in [0.25, 0.3) is 5.91 Å². The average molecular weight is 460 g/mol. The van der Waals surface area contributed by atoms with E-state index in [2.05, 4.69) is 9.59 Å². The first kappa shape index (κ1) is 23.8. The summed E-state index contributed by atoms with van der Waals surface area (Å²) in [5, 5.41) is 5.40. The third-order valence-electron chi connectivity index (χ3n) is 5.47. The summed E-state index contributed by atoms with van der Waals surface area (Å²) in [6.45, 7) is 5.92. The molecule has 0 spiro atoms. The summed E-state index contributed by atoms with van der Waals surface area (Å²) in [7, 11) is 0. The Bertz CT molecular complexity index is 889. The van der Waals surface area contributed by atoms with Crippen molar-refractivity contribution in [3.05, 3.63) is 47.0 Å². The maximum Gasteiger partial charge on any atom is 0.275 e. The van der Waals surface area contributed by atoms with Gasteiger partial charge in [-0.15, -0.1) is 5.10 Å². The van der Waals surface area contributed by atoms with Crippen LogP contribution in [0.5, 0.6) is 0 Å². The number of hydrogen-bond donors (Lipinski definition) is 0. The van der Waals surface area contributed by atoms with E-state index in [0.717, 1.165) is 17.1 Å². The molecule has 1 aromatic heterocycles. The van der Waals surface area contributed by atoms with Gasteiger partial charge in [0, 0.05) is 38.1 Å². The molecule has 1 fully saturated rings. The zero-order chi connectivity index (χ0) is 22.9. The van der Waals surface area contributed by atoms with Crippen LogP contribution in [0.4, 0.5) is 0 Å². The number of aromatic nitrogens is 2. The van der Waals surface area contributed by atoms with E-state index < -0.39 is 6.10 Å². The van der Waals surface area contributed by atoms with Gasteiger partial charge >= 0.3 is 0 Å². The lowest BCUT2D eigenvalue weighted by Crippen LogP contribution is -2.41. The zero-order valence-electron chi connectivity index (χ0n) is 18.5. The van der Waals surface area contributed by atoms with Crippen LogP contribution in [-0.2, 0) is 20.7 Å². The number of carbonyl (C=O) groups excluding carboxylic acids is 3. The number of likely N-dealkylation sites (N-methyl/N-ethyl adjacent to an activating group) is 1. The van der Waals surface area contributed by atoms with Gasteiger partial charge in [-0.2, -0.15) is 0 Å². The summed E-state index contributed by atoms with van der Waals surface area (Å²) in [6.07, 6.45) is 0.217. The normalized spacial score (nSPS) is 16.7. The van der Waals surface area contributed by atoms with E-state index in [4.69, 9.17) is 4.74 Å².